The maximum Gasteiger partial charge on any atom is 1.00 e. The van der Waals surface area contributed by atoms with Crippen LogP contribution in [0.3, 0.4) is 0 Å². The van der Waals surface area contributed by atoms with E-state index in [9.17, 15) is 0 Å². The molecule has 2 heteroatoms. The third kappa shape index (κ3) is 7.18. The summed E-state index contributed by atoms with van der Waals surface area (Å²) in [5.74, 6) is 0. The fourth-order valence-electron chi connectivity index (χ4n) is 0.510. The van der Waals surface area contributed by atoms with E-state index in [0.29, 0.717) is 0 Å². The monoisotopic (exact) mass is 245 g/mol. The molecule has 0 nitrogen and oxygen atoms in total. The molecule has 0 aliphatic rings. The summed E-state index contributed by atoms with van der Waals surface area (Å²) in [5.41, 5.74) is 0.0503. The molecular weight excluding hydrogens is 230 g/mol. The van der Waals surface area contributed by atoms with Crippen LogP contribution in [-0.2, 0) is 0 Å². The van der Waals surface area contributed by atoms with Crippen molar-refractivity contribution in [3.05, 3.63) is 17.1 Å². The molecule has 0 saturated carbocycles. The van der Waals surface area contributed by atoms with Gasteiger partial charge in [0.05, 0.1) is 0 Å². The maximum absolute atomic E-state index is 7.43. The molecule has 0 aromatic carbocycles. The largest absolute Gasteiger partial charge is 1.00 e. The molecule has 0 rings (SSSR count). The van der Waals surface area contributed by atoms with E-state index in [4.69, 9.17) is 1.37 Å². The van der Waals surface area contributed by atoms with E-state index < -0.39 is 0 Å². The number of allylic oxidation sites excluding steroid dienone is 1. The summed E-state index contributed by atoms with van der Waals surface area (Å²) in [6.07, 6.45) is 3.93. The van der Waals surface area contributed by atoms with Gasteiger partial charge in [0.2, 0.25) is 0 Å². The van der Waals surface area contributed by atoms with E-state index in [1.165, 1.54) is 0 Å². The van der Waals surface area contributed by atoms with Gasteiger partial charge in [0.1, 0.15) is 0 Å². The quantitative estimate of drug-likeness (QED) is 0.294. The van der Waals surface area contributed by atoms with Crippen molar-refractivity contribution in [3.8, 4) is 0 Å². The first kappa shape index (κ1) is 11.1. The summed E-state index contributed by atoms with van der Waals surface area (Å²) in [6.45, 7) is 7.83. The van der Waals surface area contributed by atoms with Crippen LogP contribution in [0.5, 0.6) is 0 Å². The Balaban J connectivity index is 0. The molecule has 0 heterocycles. The summed E-state index contributed by atoms with van der Waals surface area (Å²) in [5, 5.41) is 0. The van der Waals surface area contributed by atoms with E-state index >= 15 is 0 Å². The zero-order chi connectivity index (χ0) is 8.20. The van der Waals surface area contributed by atoms with Crippen molar-refractivity contribution in [2.45, 2.75) is 26.7 Å². The summed E-state index contributed by atoms with van der Waals surface area (Å²) < 4.78 is 8.16. The zero-order valence-corrected chi connectivity index (χ0v) is 9.23. The van der Waals surface area contributed by atoms with Crippen LogP contribution in [0.2, 0.25) is 0 Å². The number of hydrogen-bond donors (Lipinski definition) is 0. The average Bonchev–Trinajstić information content (AvgIpc) is 1.84. The normalized spacial score (nSPS) is 12.2. The van der Waals surface area contributed by atoms with Crippen molar-refractivity contribution >= 4 is 22.6 Å². The second-order valence-electron chi connectivity index (χ2n) is 2.81. The summed E-state index contributed by atoms with van der Waals surface area (Å²) in [6, 6.07) is 0. The van der Waals surface area contributed by atoms with Gasteiger partial charge in [0.25, 0.3) is 0 Å². The summed E-state index contributed by atoms with van der Waals surface area (Å²) in [4.78, 5) is 0. The van der Waals surface area contributed by atoms with Gasteiger partial charge >= 0.3 is 18.9 Å². The Hall–Kier alpha value is 1.07. The molecule has 0 spiro atoms. The van der Waals surface area contributed by atoms with Gasteiger partial charge in [-0.3, -0.25) is 4.40 Å². The fraction of sp³-hybridized carbons (Fsp3) is 0.625. The first-order valence-corrected chi connectivity index (χ1v) is 4.19. The van der Waals surface area contributed by atoms with Crippen LogP contribution in [0.25, 0.3) is 0 Å². The van der Waals surface area contributed by atoms with Crippen molar-refractivity contribution in [3.63, 3.8) is 0 Å². The van der Waals surface area contributed by atoms with Crippen molar-refractivity contribution in [2.75, 3.05) is 0 Å². The topological polar surface area (TPSA) is 0 Å². The molecule has 54 valence electrons. The molecule has 10 heavy (non-hydrogen) atoms. The summed E-state index contributed by atoms with van der Waals surface area (Å²) >= 11 is 2.07. The SMILES string of the molecule is [2H][C-](I)C(C)(C)CCC=C.[Li+]. The van der Waals surface area contributed by atoms with Crippen molar-refractivity contribution in [2.24, 2.45) is 5.41 Å². The van der Waals surface area contributed by atoms with Gasteiger partial charge in [0, 0.05) is 0 Å². The summed E-state index contributed by atoms with van der Waals surface area (Å²) in [7, 11) is 0. The van der Waals surface area contributed by atoms with E-state index in [1.807, 2.05) is 6.08 Å². The Kier molecular flexibility index (Phi) is 7.48. The third-order valence-corrected chi connectivity index (χ3v) is 2.69. The van der Waals surface area contributed by atoms with Crippen LogP contribution in [-0.4, -0.2) is 0 Å². The van der Waals surface area contributed by atoms with E-state index in [2.05, 4.69) is 43.0 Å². The van der Waals surface area contributed by atoms with Crippen molar-refractivity contribution in [1.82, 2.24) is 0 Å². The zero-order valence-electron chi connectivity index (χ0n) is 8.08. The Morgan fingerprint density at radius 3 is 2.60 bits per heavy atom. The van der Waals surface area contributed by atoms with Crippen LogP contribution >= 0.6 is 22.6 Å². The Morgan fingerprint density at radius 1 is 1.80 bits per heavy atom. The van der Waals surface area contributed by atoms with Gasteiger partial charge in [-0.1, -0.05) is 26.3 Å². The van der Waals surface area contributed by atoms with E-state index in [-0.39, 0.29) is 24.3 Å². The van der Waals surface area contributed by atoms with Crippen LogP contribution in [0.15, 0.2) is 12.7 Å². The average molecular weight is 245 g/mol. The van der Waals surface area contributed by atoms with Gasteiger partial charge in [-0.05, 0) is 6.42 Å². The smallest absolute Gasteiger partial charge is 0.315 e. The molecule has 0 N–H and O–H groups in total. The molecule has 0 aliphatic heterocycles. The first-order valence-electron chi connectivity index (χ1n) is 3.61. The number of hydrogen-bond acceptors (Lipinski definition) is 0. The molecule has 0 aromatic rings. The second kappa shape index (κ2) is 6.76. The second-order valence-corrected chi connectivity index (χ2v) is 3.35. The predicted molar refractivity (Wildman–Crippen MR) is 51.5 cm³/mol. The van der Waals surface area contributed by atoms with Gasteiger partial charge < -0.3 is 22.6 Å². The fourth-order valence-corrected chi connectivity index (χ4v) is 0.780. The molecule has 0 bridgehead atoms. The van der Waals surface area contributed by atoms with E-state index in [1.54, 1.807) is 0 Å². The third-order valence-electron chi connectivity index (χ3n) is 1.23. The standard InChI is InChI=1S/C8H14I.Li/c1-4-5-6-8(2,3)7-9;/h4,7H,1,5-6H2,2-3H3;/q-1;+1/i7D;. The molecule has 0 atom stereocenters. The molecule has 0 saturated heterocycles. The van der Waals surface area contributed by atoms with Crippen molar-refractivity contribution in [1.29, 1.82) is 0 Å². The van der Waals surface area contributed by atoms with Gasteiger partial charge in [0.15, 0.2) is 0 Å². The minimum absolute atomic E-state index is 0. The Morgan fingerprint density at radius 2 is 2.30 bits per heavy atom. The first-order chi connectivity index (χ1) is 4.50. The van der Waals surface area contributed by atoms with Crippen LogP contribution in [0.1, 0.15) is 28.1 Å². The van der Waals surface area contributed by atoms with Crippen LogP contribution < -0.4 is 18.9 Å². The number of rotatable bonds is 4. The maximum atomic E-state index is 7.43. The molecule has 0 aromatic heterocycles. The van der Waals surface area contributed by atoms with Crippen molar-refractivity contribution < 1.29 is 20.2 Å². The Labute approximate surface area is 91.6 Å². The minimum atomic E-state index is 0. The van der Waals surface area contributed by atoms with Gasteiger partial charge in [-0.2, -0.15) is 6.79 Å². The van der Waals surface area contributed by atoms with Gasteiger partial charge in [-0.25, -0.2) is 0 Å². The molecule has 0 unspecified atom stereocenters. The molecule has 0 radical (unpaired) electrons. The van der Waals surface area contributed by atoms with Crippen LogP contribution in [0, 0.1) is 9.82 Å². The minimum Gasteiger partial charge on any atom is -0.315 e. The predicted octanol–water partition coefficient (Wildman–Crippen LogP) is 0.580. The van der Waals surface area contributed by atoms with Gasteiger partial charge in [-0.15, -0.1) is 6.58 Å². The molecular formula is C8H14ILi. The molecule has 0 aliphatic carbocycles. The number of halogens is 1. The molecule has 0 fully saturated rings. The molecule has 0 amide bonds. The Bertz CT molecular complexity index is 113. The van der Waals surface area contributed by atoms with E-state index in [0.717, 1.165) is 17.2 Å². The van der Waals surface area contributed by atoms with Crippen LogP contribution in [0.4, 0.5) is 0 Å².